The maximum absolute atomic E-state index is 8.78. The van der Waals surface area contributed by atoms with E-state index < -0.39 is 6.09 Å². The third-order valence-corrected chi connectivity index (χ3v) is 1.36. The topological polar surface area (TPSA) is 83.6 Å². The number of carboxylic acid groups (broad SMARTS) is 1. The molecule has 0 radical (unpaired) electrons. The molecule has 0 aromatic heterocycles. The van der Waals surface area contributed by atoms with E-state index in [9.17, 15) is 0 Å². The van der Waals surface area contributed by atoms with Crippen LogP contribution >= 0.6 is 15.9 Å². The fourth-order valence-electron chi connectivity index (χ4n) is 0.441. The van der Waals surface area contributed by atoms with Crippen LogP contribution in [-0.4, -0.2) is 16.3 Å². The number of rotatable bonds is 0. The Morgan fingerprint density at radius 3 is 1.92 bits per heavy atom. The number of benzene rings is 1. The molecule has 0 atom stereocenters. The standard InChI is InChI=1S/C6H5BrO.CH3NO2/c7-5-1-3-6(8)4-2-5;2-1(3)4/h1-4,8H;2H2,(H,3,4). The lowest BCUT2D eigenvalue weighted by Gasteiger charge is -1.87. The highest BCUT2D eigenvalue weighted by atomic mass is 79.9. The van der Waals surface area contributed by atoms with Crippen LogP contribution in [0.4, 0.5) is 4.79 Å². The van der Waals surface area contributed by atoms with Crippen LogP contribution in [0.3, 0.4) is 0 Å². The lowest BCUT2D eigenvalue weighted by atomic mass is 10.3. The Bertz CT molecular complexity index is 222. The highest BCUT2D eigenvalue weighted by Crippen LogP contribution is 2.13. The van der Waals surface area contributed by atoms with E-state index in [1.165, 1.54) is 0 Å². The van der Waals surface area contributed by atoms with Crippen molar-refractivity contribution in [1.82, 2.24) is 0 Å². The molecule has 1 rings (SSSR count). The number of hydrogen-bond acceptors (Lipinski definition) is 2. The monoisotopic (exact) mass is 233 g/mol. The predicted octanol–water partition coefficient (Wildman–Crippen LogP) is 1.78. The molecule has 0 aliphatic carbocycles. The van der Waals surface area contributed by atoms with Gasteiger partial charge in [-0.15, -0.1) is 0 Å². The number of phenolic OH excluding ortho intramolecular Hbond substituents is 1. The van der Waals surface area contributed by atoms with Crippen molar-refractivity contribution in [3.8, 4) is 5.75 Å². The number of carbonyl (C=O) groups is 1. The van der Waals surface area contributed by atoms with Crippen LogP contribution in [0.1, 0.15) is 0 Å². The second kappa shape index (κ2) is 5.42. The highest BCUT2D eigenvalue weighted by Gasteiger charge is 1.83. The molecule has 0 aliphatic heterocycles. The van der Waals surface area contributed by atoms with Gasteiger partial charge in [0.05, 0.1) is 0 Å². The number of hydrogen-bond donors (Lipinski definition) is 3. The van der Waals surface area contributed by atoms with Crippen LogP contribution in [0.2, 0.25) is 0 Å². The molecular weight excluding hydrogens is 226 g/mol. The summed E-state index contributed by atoms with van der Waals surface area (Å²) in [4.78, 5) is 8.78. The SMILES string of the molecule is NC(=O)O.Oc1ccc(Br)cc1. The zero-order valence-corrected chi connectivity index (χ0v) is 7.65. The molecule has 0 fully saturated rings. The average Bonchev–Trinajstić information content (AvgIpc) is 1.94. The van der Waals surface area contributed by atoms with Crippen molar-refractivity contribution in [1.29, 1.82) is 0 Å². The third-order valence-electron chi connectivity index (χ3n) is 0.827. The Hall–Kier alpha value is -1.23. The fraction of sp³-hybridized carbons (Fsp3) is 0. The largest absolute Gasteiger partial charge is 0.508 e. The van der Waals surface area contributed by atoms with Crippen molar-refractivity contribution in [3.63, 3.8) is 0 Å². The Morgan fingerprint density at radius 1 is 1.33 bits per heavy atom. The Labute approximate surface area is 77.8 Å². The molecule has 0 saturated heterocycles. The summed E-state index contributed by atoms with van der Waals surface area (Å²) in [5.74, 6) is 0.299. The van der Waals surface area contributed by atoms with Crippen LogP contribution in [0.15, 0.2) is 28.7 Å². The van der Waals surface area contributed by atoms with Crippen molar-refractivity contribution >= 4 is 22.0 Å². The lowest BCUT2D eigenvalue weighted by Crippen LogP contribution is -2.03. The van der Waals surface area contributed by atoms with Gasteiger partial charge < -0.3 is 15.9 Å². The lowest BCUT2D eigenvalue weighted by molar-refractivity contribution is 0.205. The normalized spacial score (nSPS) is 8.08. The number of nitrogens with two attached hydrogens (primary N) is 1. The quantitative estimate of drug-likeness (QED) is 0.639. The van der Waals surface area contributed by atoms with Crippen LogP contribution < -0.4 is 5.73 Å². The molecule has 4 N–H and O–H groups in total. The summed E-state index contributed by atoms with van der Waals surface area (Å²) >= 11 is 3.23. The summed E-state index contributed by atoms with van der Waals surface area (Å²) in [6.45, 7) is 0. The second-order valence-electron chi connectivity index (χ2n) is 1.81. The molecule has 5 heteroatoms. The van der Waals surface area contributed by atoms with Crippen molar-refractivity contribution in [2.24, 2.45) is 5.73 Å². The van der Waals surface area contributed by atoms with E-state index in [0.29, 0.717) is 5.75 Å². The molecule has 66 valence electrons. The molecule has 1 amide bonds. The summed E-state index contributed by atoms with van der Waals surface area (Å²) in [6.07, 6.45) is -1.33. The van der Waals surface area contributed by atoms with Crippen LogP contribution in [0.5, 0.6) is 5.75 Å². The first-order chi connectivity index (χ1) is 5.52. The van der Waals surface area contributed by atoms with Crippen LogP contribution in [0, 0.1) is 0 Å². The summed E-state index contributed by atoms with van der Waals surface area (Å²) in [5.41, 5.74) is 4.03. The van der Waals surface area contributed by atoms with Crippen molar-refractivity contribution < 1.29 is 15.0 Å². The number of primary amides is 1. The van der Waals surface area contributed by atoms with Gasteiger partial charge in [-0.25, -0.2) is 4.79 Å². The minimum atomic E-state index is -1.33. The number of amides is 1. The summed E-state index contributed by atoms with van der Waals surface area (Å²) in [6, 6.07) is 6.83. The van der Waals surface area contributed by atoms with Gasteiger partial charge >= 0.3 is 6.09 Å². The van der Waals surface area contributed by atoms with E-state index >= 15 is 0 Å². The molecule has 4 nitrogen and oxygen atoms in total. The van der Waals surface area contributed by atoms with Gasteiger partial charge in [0.15, 0.2) is 0 Å². The summed E-state index contributed by atoms with van der Waals surface area (Å²) < 4.78 is 0.982. The molecule has 1 aromatic rings. The molecule has 0 aliphatic rings. The van der Waals surface area contributed by atoms with Gasteiger partial charge in [-0.2, -0.15) is 0 Å². The first kappa shape index (κ1) is 10.8. The van der Waals surface area contributed by atoms with Gasteiger partial charge in [-0.3, -0.25) is 0 Å². The van der Waals surface area contributed by atoms with Crippen molar-refractivity contribution in [2.45, 2.75) is 0 Å². The Kier molecular flexibility index (Phi) is 4.87. The molecule has 0 bridgehead atoms. The minimum Gasteiger partial charge on any atom is -0.508 e. The molecule has 0 heterocycles. The molecule has 0 unspecified atom stereocenters. The fourth-order valence-corrected chi connectivity index (χ4v) is 0.705. The van der Waals surface area contributed by atoms with Gasteiger partial charge in [-0.05, 0) is 24.3 Å². The number of aromatic hydroxyl groups is 1. The summed E-state index contributed by atoms with van der Waals surface area (Å²) in [5, 5.41) is 15.9. The molecule has 0 spiro atoms. The first-order valence-electron chi connectivity index (χ1n) is 2.95. The second-order valence-corrected chi connectivity index (χ2v) is 2.73. The first-order valence-corrected chi connectivity index (χ1v) is 3.74. The van der Waals surface area contributed by atoms with E-state index in [-0.39, 0.29) is 0 Å². The van der Waals surface area contributed by atoms with E-state index in [1.54, 1.807) is 24.3 Å². The molecular formula is C7H8BrNO3. The third kappa shape index (κ3) is 6.88. The maximum Gasteiger partial charge on any atom is 0.402 e. The summed E-state index contributed by atoms with van der Waals surface area (Å²) in [7, 11) is 0. The number of halogens is 1. The zero-order chi connectivity index (χ0) is 9.56. The van der Waals surface area contributed by atoms with Gasteiger partial charge in [-0.1, -0.05) is 15.9 Å². The Balaban J connectivity index is 0.000000261. The van der Waals surface area contributed by atoms with E-state index in [0.717, 1.165) is 4.47 Å². The Morgan fingerprint density at radius 2 is 1.67 bits per heavy atom. The maximum atomic E-state index is 8.78. The van der Waals surface area contributed by atoms with Gasteiger partial charge in [0, 0.05) is 4.47 Å². The highest BCUT2D eigenvalue weighted by molar-refractivity contribution is 9.10. The van der Waals surface area contributed by atoms with Crippen LogP contribution in [0.25, 0.3) is 0 Å². The minimum absolute atomic E-state index is 0.299. The number of phenols is 1. The molecule has 0 saturated carbocycles. The van der Waals surface area contributed by atoms with Crippen molar-refractivity contribution in [2.75, 3.05) is 0 Å². The van der Waals surface area contributed by atoms with E-state index in [1.807, 2.05) is 0 Å². The zero-order valence-electron chi connectivity index (χ0n) is 6.07. The van der Waals surface area contributed by atoms with Gasteiger partial charge in [0.25, 0.3) is 0 Å². The predicted molar refractivity (Wildman–Crippen MR) is 48.0 cm³/mol. The smallest absolute Gasteiger partial charge is 0.402 e. The molecule has 12 heavy (non-hydrogen) atoms. The van der Waals surface area contributed by atoms with E-state index in [2.05, 4.69) is 21.7 Å². The van der Waals surface area contributed by atoms with Gasteiger partial charge in [0.1, 0.15) is 5.75 Å². The van der Waals surface area contributed by atoms with Crippen LogP contribution in [-0.2, 0) is 0 Å². The van der Waals surface area contributed by atoms with E-state index in [4.69, 9.17) is 15.0 Å². The molecule has 1 aromatic carbocycles. The average molecular weight is 234 g/mol. The van der Waals surface area contributed by atoms with Gasteiger partial charge in [0.2, 0.25) is 0 Å². The van der Waals surface area contributed by atoms with Crippen molar-refractivity contribution in [3.05, 3.63) is 28.7 Å².